The molecule has 2 aliphatic rings. The summed E-state index contributed by atoms with van der Waals surface area (Å²) in [6, 6.07) is 0.994. The number of nitrogens with zero attached hydrogens (tertiary/aromatic N) is 2. The Kier molecular flexibility index (Phi) is 3.72. The van der Waals surface area contributed by atoms with Crippen molar-refractivity contribution < 1.29 is 0 Å². The Labute approximate surface area is 99.1 Å². The summed E-state index contributed by atoms with van der Waals surface area (Å²) >= 11 is 0. The van der Waals surface area contributed by atoms with Gasteiger partial charge in [0.1, 0.15) is 0 Å². The first kappa shape index (κ1) is 11.7. The molecule has 1 saturated carbocycles. The predicted octanol–water partition coefficient (Wildman–Crippen LogP) is 2.36. The molecule has 0 spiro atoms. The minimum Gasteiger partial charge on any atom is -0.370 e. The van der Waals surface area contributed by atoms with Gasteiger partial charge in [0.25, 0.3) is 0 Å². The monoisotopic (exact) mass is 223 g/mol. The molecular weight excluding hydrogens is 198 g/mol. The summed E-state index contributed by atoms with van der Waals surface area (Å²) in [5.41, 5.74) is 6.13. The van der Waals surface area contributed by atoms with Gasteiger partial charge in [0.2, 0.25) is 0 Å². The molecular formula is C13H25N3. The second kappa shape index (κ2) is 5.07. The predicted molar refractivity (Wildman–Crippen MR) is 68.4 cm³/mol. The van der Waals surface area contributed by atoms with Gasteiger partial charge in [-0.05, 0) is 45.4 Å². The first-order valence-electron chi connectivity index (χ1n) is 6.78. The molecule has 0 aromatic heterocycles. The van der Waals surface area contributed by atoms with Crippen molar-refractivity contribution in [3.8, 4) is 0 Å². The van der Waals surface area contributed by atoms with Crippen LogP contribution in [0.15, 0.2) is 4.99 Å². The molecule has 0 radical (unpaired) electrons. The summed E-state index contributed by atoms with van der Waals surface area (Å²) in [5.74, 6) is 1.66. The van der Waals surface area contributed by atoms with Crippen molar-refractivity contribution in [1.29, 1.82) is 0 Å². The lowest BCUT2D eigenvalue weighted by Crippen LogP contribution is -2.52. The van der Waals surface area contributed by atoms with Crippen LogP contribution in [-0.2, 0) is 0 Å². The zero-order valence-corrected chi connectivity index (χ0v) is 10.7. The Balaban J connectivity index is 2.07. The molecule has 0 amide bonds. The van der Waals surface area contributed by atoms with E-state index >= 15 is 0 Å². The average molecular weight is 223 g/mol. The van der Waals surface area contributed by atoms with Crippen LogP contribution in [-0.4, -0.2) is 29.5 Å². The lowest BCUT2D eigenvalue weighted by molar-refractivity contribution is 0.118. The SMILES string of the molecule is CC(C)N=C(N)N1CCC[C@H]2CCCC[C@H]21. The van der Waals surface area contributed by atoms with E-state index in [-0.39, 0.29) is 0 Å². The topological polar surface area (TPSA) is 41.6 Å². The van der Waals surface area contributed by atoms with Crippen molar-refractivity contribution in [3.63, 3.8) is 0 Å². The number of aliphatic imine (C=N–C) groups is 1. The number of piperidine rings is 1. The van der Waals surface area contributed by atoms with Crippen LogP contribution >= 0.6 is 0 Å². The van der Waals surface area contributed by atoms with Gasteiger partial charge in [0.15, 0.2) is 5.96 Å². The molecule has 1 heterocycles. The molecule has 0 unspecified atom stereocenters. The molecule has 16 heavy (non-hydrogen) atoms. The van der Waals surface area contributed by atoms with Gasteiger partial charge < -0.3 is 10.6 Å². The molecule has 1 aliphatic heterocycles. The van der Waals surface area contributed by atoms with Crippen molar-refractivity contribution >= 4 is 5.96 Å². The zero-order chi connectivity index (χ0) is 11.5. The second-order valence-electron chi connectivity index (χ2n) is 5.53. The molecule has 2 rings (SSSR count). The normalized spacial score (nSPS) is 31.7. The maximum atomic E-state index is 6.13. The van der Waals surface area contributed by atoms with Gasteiger partial charge in [-0.15, -0.1) is 0 Å². The summed E-state index contributed by atoms with van der Waals surface area (Å²) in [4.78, 5) is 6.89. The zero-order valence-electron chi connectivity index (χ0n) is 10.7. The van der Waals surface area contributed by atoms with Crippen molar-refractivity contribution in [2.24, 2.45) is 16.6 Å². The fourth-order valence-electron chi connectivity index (χ4n) is 3.25. The third-order valence-corrected chi connectivity index (χ3v) is 3.93. The van der Waals surface area contributed by atoms with Crippen molar-refractivity contribution in [2.75, 3.05) is 6.54 Å². The molecule has 0 aromatic carbocycles. The minimum absolute atomic E-state index is 0.309. The van der Waals surface area contributed by atoms with Crippen LogP contribution in [0.5, 0.6) is 0 Å². The van der Waals surface area contributed by atoms with Crippen LogP contribution in [0.25, 0.3) is 0 Å². The van der Waals surface area contributed by atoms with Crippen LogP contribution < -0.4 is 5.73 Å². The van der Waals surface area contributed by atoms with Crippen molar-refractivity contribution in [1.82, 2.24) is 4.90 Å². The van der Waals surface area contributed by atoms with E-state index in [1.165, 1.54) is 38.5 Å². The van der Waals surface area contributed by atoms with Gasteiger partial charge in [0.05, 0.1) is 0 Å². The summed E-state index contributed by atoms with van der Waals surface area (Å²) in [6.07, 6.45) is 8.18. The van der Waals surface area contributed by atoms with Gasteiger partial charge in [-0.3, -0.25) is 4.99 Å². The van der Waals surface area contributed by atoms with Gasteiger partial charge in [-0.1, -0.05) is 12.8 Å². The third-order valence-electron chi connectivity index (χ3n) is 3.93. The highest BCUT2D eigenvalue weighted by Crippen LogP contribution is 2.34. The van der Waals surface area contributed by atoms with E-state index in [0.717, 1.165) is 18.4 Å². The van der Waals surface area contributed by atoms with Crippen LogP contribution in [0, 0.1) is 5.92 Å². The molecule has 0 aromatic rings. The van der Waals surface area contributed by atoms with Gasteiger partial charge in [-0.25, -0.2) is 0 Å². The number of rotatable bonds is 1. The van der Waals surface area contributed by atoms with Gasteiger partial charge in [-0.2, -0.15) is 0 Å². The Morgan fingerprint density at radius 1 is 1.19 bits per heavy atom. The Hall–Kier alpha value is -0.730. The van der Waals surface area contributed by atoms with E-state index in [1.807, 2.05) is 0 Å². The van der Waals surface area contributed by atoms with Crippen molar-refractivity contribution in [2.45, 2.75) is 64.5 Å². The third kappa shape index (κ3) is 2.50. The summed E-state index contributed by atoms with van der Waals surface area (Å²) in [6.45, 7) is 5.30. The van der Waals surface area contributed by atoms with E-state index in [0.29, 0.717) is 12.1 Å². The maximum Gasteiger partial charge on any atom is 0.191 e. The number of hydrogen-bond donors (Lipinski definition) is 1. The minimum atomic E-state index is 0.309. The van der Waals surface area contributed by atoms with E-state index in [4.69, 9.17) is 5.73 Å². The molecule has 2 N–H and O–H groups in total. The Morgan fingerprint density at radius 3 is 2.62 bits per heavy atom. The summed E-state index contributed by atoms with van der Waals surface area (Å²) in [5, 5.41) is 0. The average Bonchev–Trinajstić information content (AvgIpc) is 2.27. The molecule has 3 heteroatoms. The highest BCUT2D eigenvalue weighted by molar-refractivity contribution is 5.78. The first-order valence-corrected chi connectivity index (χ1v) is 6.78. The number of fused-ring (bicyclic) bond motifs is 1. The fraction of sp³-hybridized carbons (Fsp3) is 0.923. The first-order chi connectivity index (χ1) is 7.68. The summed E-state index contributed by atoms with van der Waals surface area (Å²) < 4.78 is 0. The largest absolute Gasteiger partial charge is 0.370 e. The Morgan fingerprint density at radius 2 is 1.88 bits per heavy atom. The molecule has 2 fully saturated rings. The van der Waals surface area contributed by atoms with E-state index in [1.54, 1.807) is 0 Å². The van der Waals surface area contributed by atoms with E-state index < -0.39 is 0 Å². The number of likely N-dealkylation sites (tertiary alicyclic amines) is 1. The molecule has 1 saturated heterocycles. The van der Waals surface area contributed by atoms with Crippen molar-refractivity contribution in [3.05, 3.63) is 0 Å². The van der Waals surface area contributed by atoms with Gasteiger partial charge >= 0.3 is 0 Å². The van der Waals surface area contributed by atoms with Gasteiger partial charge in [0, 0.05) is 18.6 Å². The standard InChI is InChI=1S/C13H25N3/c1-10(2)15-13(14)16-9-5-7-11-6-3-4-8-12(11)16/h10-12H,3-9H2,1-2H3,(H2,14,15)/t11-,12-/m1/s1. The maximum absolute atomic E-state index is 6.13. The molecule has 3 nitrogen and oxygen atoms in total. The lowest BCUT2D eigenvalue weighted by Gasteiger charge is -2.44. The quantitative estimate of drug-likeness (QED) is 0.548. The molecule has 0 bridgehead atoms. The number of nitrogens with two attached hydrogens (primary N) is 1. The highest BCUT2D eigenvalue weighted by Gasteiger charge is 2.34. The lowest BCUT2D eigenvalue weighted by atomic mass is 9.78. The van der Waals surface area contributed by atoms with Crippen LogP contribution in [0.4, 0.5) is 0 Å². The van der Waals surface area contributed by atoms with Crippen LogP contribution in [0.3, 0.4) is 0 Å². The fourth-order valence-corrected chi connectivity index (χ4v) is 3.25. The smallest absolute Gasteiger partial charge is 0.191 e. The number of hydrogen-bond acceptors (Lipinski definition) is 1. The molecule has 2 atom stereocenters. The Bertz CT molecular complexity index is 258. The summed E-state index contributed by atoms with van der Waals surface area (Å²) in [7, 11) is 0. The number of guanidine groups is 1. The van der Waals surface area contributed by atoms with Crippen LogP contribution in [0.1, 0.15) is 52.4 Å². The van der Waals surface area contributed by atoms with E-state index in [9.17, 15) is 0 Å². The molecule has 92 valence electrons. The highest BCUT2D eigenvalue weighted by atomic mass is 15.3. The molecule has 1 aliphatic carbocycles. The van der Waals surface area contributed by atoms with E-state index in [2.05, 4.69) is 23.7 Å². The second-order valence-corrected chi connectivity index (χ2v) is 5.53. The van der Waals surface area contributed by atoms with Crippen LogP contribution in [0.2, 0.25) is 0 Å².